The molecule has 3 aromatic rings. The van der Waals surface area contributed by atoms with Gasteiger partial charge < -0.3 is 14.2 Å². The number of nitriles is 1. The summed E-state index contributed by atoms with van der Waals surface area (Å²) in [7, 11) is 3.16. The molecule has 0 saturated carbocycles. The van der Waals surface area contributed by atoms with Gasteiger partial charge in [0.25, 0.3) is 0 Å². The lowest BCUT2D eigenvalue weighted by Gasteiger charge is -2.10. The predicted molar refractivity (Wildman–Crippen MR) is 112 cm³/mol. The molecule has 0 spiro atoms. The first-order valence-electron chi connectivity index (χ1n) is 8.72. The fourth-order valence-electron chi connectivity index (χ4n) is 2.74. The molecule has 2 aromatic carbocycles. The number of aromatic nitrogens is 1. The number of nitrogens with zero attached hydrogens (tertiary/aromatic N) is 2. The fraction of sp³-hybridized carbons (Fsp3) is 0.182. The molecule has 6 heteroatoms. The van der Waals surface area contributed by atoms with Crippen LogP contribution in [0, 0.1) is 11.3 Å². The van der Waals surface area contributed by atoms with Crippen molar-refractivity contribution in [3.05, 3.63) is 58.4 Å². The molecule has 0 saturated heterocycles. The van der Waals surface area contributed by atoms with Gasteiger partial charge in [-0.25, -0.2) is 4.98 Å². The first kappa shape index (κ1) is 19.5. The second kappa shape index (κ2) is 9.07. The Hall–Kier alpha value is -3.30. The minimum atomic E-state index is 0.466. The minimum absolute atomic E-state index is 0.466. The van der Waals surface area contributed by atoms with Crippen molar-refractivity contribution in [2.45, 2.75) is 6.92 Å². The van der Waals surface area contributed by atoms with Gasteiger partial charge in [-0.3, -0.25) is 0 Å². The third-order valence-electron chi connectivity index (χ3n) is 4.05. The van der Waals surface area contributed by atoms with E-state index in [1.165, 1.54) is 11.3 Å². The van der Waals surface area contributed by atoms with Crippen LogP contribution in [-0.2, 0) is 0 Å². The molecular formula is C22H20N2O3S. The van der Waals surface area contributed by atoms with Gasteiger partial charge in [-0.1, -0.05) is 12.1 Å². The average molecular weight is 392 g/mol. The van der Waals surface area contributed by atoms with Crippen molar-refractivity contribution in [2.75, 3.05) is 20.8 Å². The van der Waals surface area contributed by atoms with Crippen LogP contribution in [0.4, 0.5) is 0 Å². The number of allylic oxidation sites excluding steroid dienone is 1. The third kappa shape index (κ3) is 4.16. The largest absolute Gasteiger partial charge is 0.494 e. The quantitative estimate of drug-likeness (QED) is 0.511. The highest BCUT2D eigenvalue weighted by Gasteiger charge is 2.13. The molecule has 0 fully saturated rings. The molecule has 0 aliphatic heterocycles. The molecule has 0 unspecified atom stereocenters. The number of ether oxygens (including phenoxy) is 3. The van der Waals surface area contributed by atoms with Crippen molar-refractivity contribution in [3.63, 3.8) is 0 Å². The van der Waals surface area contributed by atoms with Crippen LogP contribution in [0.3, 0.4) is 0 Å². The van der Waals surface area contributed by atoms with E-state index in [0.717, 1.165) is 22.6 Å². The van der Waals surface area contributed by atoms with Crippen LogP contribution < -0.4 is 14.2 Å². The Morgan fingerprint density at radius 3 is 2.57 bits per heavy atom. The molecule has 0 bridgehead atoms. The zero-order chi connectivity index (χ0) is 19.9. The van der Waals surface area contributed by atoms with Gasteiger partial charge in [0.15, 0.2) is 11.5 Å². The average Bonchev–Trinajstić information content (AvgIpc) is 3.22. The Morgan fingerprint density at radius 1 is 1.14 bits per heavy atom. The Kier molecular flexibility index (Phi) is 6.30. The summed E-state index contributed by atoms with van der Waals surface area (Å²) in [6.07, 6.45) is 1.77. The molecule has 0 N–H and O–H groups in total. The molecule has 0 radical (unpaired) electrons. The molecule has 0 aliphatic carbocycles. The molecule has 1 aromatic heterocycles. The summed E-state index contributed by atoms with van der Waals surface area (Å²) in [6.45, 7) is 2.58. The van der Waals surface area contributed by atoms with Gasteiger partial charge >= 0.3 is 0 Å². The second-order valence-electron chi connectivity index (χ2n) is 5.75. The second-order valence-corrected chi connectivity index (χ2v) is 6.61. The van der Waals surface area contributed by atoms with E-state index in [1.54, 1.807) is 20.3 Å². The molecule has 142 valence electrons. The van der Waals surface area contributed by atoms with Gasteiger partial charge in [-0.15, -0.1) is 11.3 Å². The highest BCUT2D eigenvalue weighted by Crippen LogP contribution is 2.34. The summed E-state index contributed by atoms with van der Waals surface area (Å²) >= 11 is 1.43. The Bertz CT molecular complexity index is 1020. The maximum Gasteiger partial charge on any atom is 0.167 e. The molecule has 5 nitrogen and oxygen atoms in total. The number of para-hydroxylation sites is 1. The van der Waals surface area contributed by atoms with Gasteiger partial charge in [0, 0.05) is 16.5 Å². The van der Waals surface area contributed by atoms with E-state index in [9.17, 15) is 5.26 Å². The van der Waals surface area contributed by atoms with Crippen LogP contribution in [0.5, 0.6) is 17.2 Å². The van der Waals surface area contributed by atoms with Crippen LogP contribution in [0.25, 0.3) is 22.9 Å². The SMILES string of the molecule is CCOc1ccc(-c2csc(/C(C#N)=C/c3cccc(OC)c3OC)n2)cc1. The van der Waals surface area contributed by atoms with Crippen LogP contribution in [0.2, 0.25) is 0 Å². The molecule has 1 heterocycles. The minimum Gasteiger partial charge on any atom is -0.494 e. The standard InChI is InChI=1S/C22H20N2O3S/c1-4-27-18-10-8-15(9-11-18)19-14-28-22(24-19)17(13-23)12-16-6-5-7-20(25-2)21(16)26-3/h5-12,14H,4H2,1-3H3/b17-12+. The number of benzene rings is 2. The normalized spacial score (nSPS) is 11.0. The Balaban J connectivity index is 1.93. The van der Waals surface area contributed by atoms with Gasteiger partial charge in [-0.2, -0.15) is 5.26 Å². The van der Waals surface area contributed by atoms with E-state index in [4.69, 9.17) is 14.2 Å². The van der Waals surface area contributed by atoms with Gasteiger partial charge in [0.2, 0.25) is 0 Å². The zero-order valence-corrected chi connectivity index (χ0v) is 16.7. The lowest BCUT2D eigenvalue weighted by atomic mass is 10.1. The van der Waals surface area contributed by atoms with E-state index in [0.29, 0.717) is 28.7 Å². The van der Waals surface area contributed by atoms with Crippen LogP contribution in [0.15, 0.2) is 47.8 Å². The van der Waals surface area contributed by atoms with Crippen molar-refractivity contribution < 1.29 is 14.2 Å². The number of methoxy groups -OCH3 is 2. The number of hydrogen-bond acceptors (Lipinski definition) is 6. The van der Waals surface area contributed by atoms with E-state index >= 15 is 0 Å². The van der Waals surface area contributed by atoms with E-state index in [1.807, 2.05) is 54.8 Å². The smallest absolute Gasteiger partial charge is 0.167 e. The highest BCUT2D eigenvalue weighted by molar-refractivity contribution is 7.11. The van der Waals surface area contributed by atoms with Crippen molar-refractivity contribution >= 4 is 23.0 Å². The summed E-state index contributed by atoms with van der Waals surface area (Å²) in [6, 6.07) is 15.5. The van der Waals surface area contributed by atoms with E-state index < -0.39 is 0 Å². The van der Waals surface area contributed by atoms with Crippen molar-refractivity contribution in [3.8, 4) is 34.6 Å². The van der Waals surface area contributed by atoms with Crippen LogP contribution >= 0.6 is 11.3 Å². The molecule has 3 rings (SSSR count). The van der Waals surface area contributed by atoms with Gasteiger partial charge in [-0.05, 0) is 43.3 Å². The summed E-state index contributed by atoms with van der Waals surface area (Å²) in [5, 5.41) is 12.3. The predicted octanol–water partition coefficient (Wildman–Crippen LogP) is 5.29. The zero-order valence-electron chi connectivity index (χ0n) is 15.9. The van der Waals surface area contributed by atoms with Gasteiger partial charge in [0.05, 0.1) is 32.1 Å². The topological polar surface area (TPSA) is 64.4 Å². The van der Waals surface area contributed by atoms with E-state index in [-0.39, 0.29) is 0 Å². The number of thiazole rings is 1. The Morgan fingerprint density at radius 2 is 1.93 bits per heavy atom. The molecular weight excluding hydrogens is 372 g/mol. The van der Waals surface area contributed by atoms with Crippen molar-refractivity contribution in [1.82, 2.24) is 4.98 Å². The fourth-order valence-corrected chi connectivity index (χ4v) is 3.54. The summed E-state index contributed by atoms with van der Waals surface area (Å²) in [5.74, 6) is 2.02. The summed E-state index contributed by atoms with van der Waals surface area (Å²) in [5.41, 5.74) is 3.02. The summed E-state index contributed by atoms with van der Waals surface area (Å²) < 4.78 is 16.2. The van der Waals surface area contributed by atoms with Crippen LogP contribution in [-0.4, -0.2) is 25.8 Å². The van der Waals surface area contributed by atoms with Crippen LogP contribution in [0.1, 0.15) is 17.5 Å². The molecule has 28 heavy (non-hydrogen) atoms. The maximum atomic E-state index is 9.67. The first-order valence-corrected chi connectivity index (χ1v) is 9.60. The third-order valence-corrected chi connectivity index (χ3v) is 4.92. The maximum absolute atomic E-state index is 9.67. The lowest BCUT2D eigenvalue weighted by molar-refractivity contribution is 0.340. The summed E-state index contributed by atoms with van der Waals surface area (Å²) in [4.78, 5) is 4.64. The lowest BCUT2D eigenvalue weighted by Crippen LogP contribution is -1.93. The monoisotopic (exact) mass is 392 g/mol. The van der Waals surface area contributed by atoms with Crippen molar-refractivity contribution in [2.24, 2.45) is 0 Å². The molecule has 0 aliphatic rings. The molecule has 0 atom stereocenters. The Labute approximate surface area is 168 Å². The first-order chi connectivity index (χ1) is 13.7. The van der Waals surface area contributed by atoms with E-state index in [2.05, 4.69) is 11.1 Å². The van der Waals surface area contributed by atoms with Gasteiger partial charge in [0.1, 0.15) is 16.8 Å². The number of hydrogen-bond donors (Lipinski definition) is 0. The van der Waals surface area contributed by atoms with Crippen molar-refractivity contribution in [1.29, 1.82) is 5.26 Å². The number of rotatable bonds is 7. The molecule has 0 amide bonds. The highest BCUT2D eigenvalue weighted by atomic mass is 32.1.